The van der Waals surface area contributed by atoms with E-state index in [9.17, 15) is 18.3 Å². The van der Waals surface area contributed by atoms with Crippen molar-refractivity contribution in [3.8, 4) is 5.75 Å². The van der Waals surface area contributed by atoms with Crippen molar-refractivity contribution in [1.82, 2.24) is 19.1 Å². The molecule has 1 aliphatic carbocycles. The molecule has 0 atom stereocenters. The van der Waals surface area contributed by atoms with Crippen molar-refractivity contribution in [2.45, 2.75) is 42.4 Å². The van der Waals surface area contributed by atoms with Gasteiger partial charge in [0, 0.05) is 52.2 Å². The lowest BCUT2D eigenvalue weighted by Gasteiger charge is -2.13. The van der Waals surface area contributed by atoms with Gasteiger partial charge in [-0.3, -0.25) is 0 Å². The maximum absolute atomic E-state index is 13.3. The maximum atomic E-state index is 13.3. The van der Waals surface area contributed by atoms with Gasteiger partial charge >= 0.3 is 5.97 Å². The number of esters is 1. The highest BCUT2D eigenvalue weighted by atomic mass is 32.2. The zero-order chi connectivity index (χ0) is 24.0. The highest BCUT2D eigenvalue weighted by molar-refractivity contribution is 7.92. The van der Waals surface area contributed by atoms with E-state index in [0.717, 1.165) is 24.2 Å². The number of hydrogen-bond donors (Lipinski definition) is 1. The number of imidazole rings is 1. The van der Waals surface area contributed by atoms with E-state index in [1.807, 2.05) is 4.57 Å². The number of thiazole rings is 1. The summed E-state index contributed by atoms with van der Waals surface area (Å²) in [6, 6.07) is 1.63. The Morgan fingerprint density at radius 1 is 1.35 bits per heavy atom. The van der Waals surface area contributed by atoms with Gasteiger partial charge in [0.25, 0.3) is 0 Å². The zero-order valence-electron chi connectivity index (χ0n) is 18.3. The fraction of sp³-hybridized carbons (Fsp3) is 0.318. The Bertz CT molecular complexity index is 1470. The first-order valence-electron chi connectivity index (χ1n) is 10.7. The second kappa shape index (κ2) is 8.59. The molecule has 1 fully saturated rings. The first-order chi connectivity index (χ1) is 16.3. The topological polar surface area (TPSA) is 116 Å². The number of carbonyl (C=O) groups excluding carboxylic acids is 1. The second-order valence-corrected chi connectivity index (χ2v) is 11.2. The van der Waals surface area contributed by atoms with Crippen LogP contribution in [0.1, 0.15) is 47.4 Å². The standard InChI is InChI=1S/C22H21BN4O5S2/c1-2-32-21(29)19-17(11-34(30,31)22-25-6-8-33-22)27(13-3-4-13)16-9-15(23)20(28)14(18(16)19)10-26-7-5-24-12-26/h5-9,12-13,28H,2-4,10-11H2,1H3. The van der Waals surface area contributed by atoms with Gasteiger partial charge in [0.1, 0.15) is 13.6 Å². The fourth-order valence-corrected chi connectivity index (χ4v) is 6.53. The molecule has 12 heteroatoms. The third kappa shape index (κ3) is 3.90. The second-order valence-electron chi connectivity index (χ2n) is 8.12. The van der Waals surface area contributed by atoms with Crippen LogP contribution in [0.3, 0.4) is 0 Å². The van der Waals surface area contributed by atoms with Crippen molar-refractivity contribution in [3.05, 3.63) is 53.2 Å². The van der Waals surface area contributed by atoms with Crippen LogP contribution in [0.25, 0.3) is 10.9 Å². The Balaban J connectivity index is 1.82. The number of carbonyl (C=O) groups is 1. The predicted molar refractivity (Wildman–Crippen MR) is 128 cm³/mol. The number of ether oxygens (including phenoxy) is 1. The number of fused-ring (bicyclic) bond motifs is 1. The molecule has 3 heterocycles. The number of phenols is 1. The summed E-state index contributed by atoms with van der Waals surface area (Å²) in [4.78, 5) is 21.3. The summed E-state index contributed by atoms with van der Waals surface area (Å²) < 4.78 is 35.4. The minimum atomic E-state index is -3.83. The van der Waals surface area contributed by atoms with Gasteiger partial charge in [0.05, 0.1) is 30.8 Å². The summed E-state index contributed by atoms with van der Waals surface area (Å²) in [6.07, 6.45) is 8.03. The molecule has 1 aliphatic rings. The van der Waals surface area contributed by atoms with Crippen molar-refractivity contribution >= 4 is 51.4 Å². The first kappa shape index (κ1) is 22.7. The molecule has 1 N–H and O–H groups in total. The molecule has 5 rings (SSSR count). The number of sulfone groups is 1. The molecule has 0 aliphatic heterocycles. The third-order valence-electron chi connectivity index (χ3n) is 5.79. The molecule has 0 amide bonds. The van der Waals surface area contributed by atoms with Crippen LogP contribution in [0.2, 0.25) is 0 Å². The Kier molecular flexibility index (Phi) is 5.72. The number of aromatic nitrogens is 4. The summed E-state index contributed by atoms with van der Waals surface area (Å²) in [6.45, 7) is 1.99. The van der Waals surface area contributed by atoms with E-state index < -0.39 is 21.6 Å². The lowest BCUT2D eigenvalue weighted by atomic mass is 9.89. The molecule has 0 saturated heterocycles. The molecule has 1 saturated carbocycles. The van der Waals surface area contributed by atoms with Crippen molar-refractivity contribution in [2.24, 2.45) is 0 Å². The molecule has 1 aromatic carbocycles. The average molecular weight is 496 g/mol. The van der Waals surface area contributed by atoms with E-state index in [4.69, 9.17) is 12.6 Å². The summed E-state index contributed by atoms with van der Waals surface area (Å²) in [5, 5.41) is 13.0. The Hall–Kier alpha value is -3.12. The van der Waals surface area contributed by atoms with E-state index in [-0.39, 0.29) is 40.3 Å². The summed E-state index contributed by atoms with van der Waals surface area (Å²) in [5.41, 5.74) is 1.60. The molecule has 9 nitrogen and oxygen atoms in total. The largest absolute Gasteiger partial charge is 0.508 e. The highest BCUT2D eigenvalue weighted by Gasteiger charge is 2.36. The van der Waals surface area contributed by atoms with E-state index in [0.29, 0.717) is 22.2 Å². The first-order valence-corrected chi connectivity index (χ1v) is 13.3. The van der Waals surface area contributed by atoms with Crippen LogP contribution >= 0.6 is 11.3 Å². The van der Waals surface area contributed by atoms with E-state index in [1.54, 1.807) is 41.7 Å². The van der Waals surface area contributed by atoms with Gasteiger partial charge in [-0.15, -0.1) is 11.3 Å². The predicted octanol–water partition coefficient (Wildman–Crippen LogP) is 2.33. The third-order valence-corrected chi connectivity index (χ3v) is 8.70. The van der Waals surface area contributed by atoms with E-state index >= 15 is 0 Å². The SMILES string of the molecule is [B]c1cc2c(c(Cn3ccnc3)c1O)c(C(=O)OCC)c(CS(=O)(=O)c1nccs1)n2C1CC1. The van der Waals surface area contributed by atoms with Gasteiger partial charge in [0.2, 0.25) is 14.2 Å². The van der Waals surface area contributed by atoms with Gasteiger partial charge in [-0.1, -0.05) is 5.46 Å². The Morgan fingerprint density at radius 2 is 2.15 bits per heavy atom. The highest BCUT2D eigenvalue weighted by Crippen LogP contribution is 2.44. The van der Waals surface area contributed by atoms with Crippen molar-refractivity contribution in [1.29, 1.82) is 0 Å². The fourth-order valence-electron chi connectivity index (χ4n) is 4.25. The van der Waals surface area contributed by atoms with Crippen LogP contribution in [0.15, 0.2) is 40.7 Å². The smallest absolute Gasteiger partial charge is 0.340 e. The number of rotatable bonds is 8. The lowest BCUT2D eigenvalue weighted by Crippen LogP contribution is -2.15. The minimum Gasteiger partial charge on any atom is -0.508 e. The van der Waals surface area contributed by atoms with Gasteiger partial charge in [0.15, 0.2) is 0 Å². The molecule has 0 spiro atoms. The Labute approximate surface area is 201 Å². The summed E-state index contributed by atoms with van der Waals surface area (Å²) >= 11 is 1.03. The van der Waals surface area contributed by atoms with Crippen LogP contribution in [-0.4, -0.2) is 53.0 Å². The number of benzene rings is 1. The maximum Gasteiger partial charge on any atom is 0.340 e. The molecule has 4 aromatic rings. The Morgan fingerprint density at radius 3 is 2.76 bits per heavy atom. The number of phenolic OH excluding ortho intramolecular Hbond substituents is 1. The van der Waals surface area contributed by atoms with E-state index in [2.05, 4.69) is 9.97 Å². The number of hydrogen-bond acceptors (Lipinski definition) is 8. The molecular formula is C22H21BN4O5S2. The monoisotopic (exact) mass is 496 g/mol. The molecule has 0 unspecified atom stereocenters. The average Bonchev–Trinajstić information content (AvgIpc) is 3.20. The van der Waals surface area contributed by atoms with Crippen LogP contribution in [0, 0.1) is 0 Å². The molecule has 0 bridgehead atoms. The van der Waals surface area contributed by atoms with Crippen LogP contribution in [0.5, 0.6) is 5.75 Å². The van der Waals surface area contributed by atoms with Crippen molar-refractivity contribution < 1.29 is 23.1 Å². The summed E-state index contributed by atoms with van der Waals surface area (Å²) in [5.74, 6) is -1.23. The number of aromatic hydroxyl groups is 1. The van der Waals surface area contributed by atoms with Crippen LogP contribution < -0.4 is 5.46 Å². The minimum absolute atomic E-state index is 0.0177. The molecule has 3 aromatic heterocycles. The number of nitrogens with zero attached hydrogens (tertiary/aromatic N) is 4. The normalized spacial score (nSPS) is 14.0. The van der Waals surface area contributed by atoms with Crippen LogP contribution in [-0.2, 0) is 26.9 Å². The van der Waals surface area contributed by atoms with Gasteiger partial charge < -0.3 is 19.0 Å². The van der Waals surface area contributed by atoms with Crippen molar-refractivity contribution in [2.75, 3.05) is 6.61 Å². The lowest BCUT2D eigenvalue weighted by molar-refractivity contribution is 0.0527. The van der Waals surface area contributed by atoms with Gasteiger partial charge in [-0.25, -0.2) is 23.2 Å². The van der Waals surface area contributed by atoms with E-state index in [1.165, 1.54) is 6.20 Å². The molecular weight excluding hydrogens is 475 g/mol. The quantitative estimate of drug-likeness (QED) is 0.294. The van der Waals surface area contributed by atoms with Gasteiger partial charge in [-0.2, -0.15) is 0 Å². The molecule has 174 valence electrons. The van der Waals surface area contributed by atoms with Gasteiger partial charge in [-0.05, 0) is 25.8 Å². The van der Waals surface area contributed by atoms with Crippen molar-refractivity contribution in [3.63, 3.8) is 0 Å². The van der Waals surface area contributed by atoms with Crippen LogP contribution in [0.4, 0.5) is 0 Å². The zero-order valence-corrected chi connectivity index (χ0v) is 20.0. The molecule has 2 radical (unpaired) electrons. The molecule has 34 heavy (non-hydrogen) atoms. The summed E-state index contributed by atoms with van der Waals surface area (Å²) in [7, 11) is 2.34.